The monoisotopic (exact) mass is 361 g/mol. The van der Waals surface area contributed by atoms with Crippen LogP contribution in [-0.4, -0.2) is 15.9 Å². The van der Waals surface area contributed by atoms with Crippen molar-refractivity contribution < 1.29 is 9.18 Å². The summed E-state index contributed by atoms with van der Waals surface area (Å²) in [4.78, 5) is 20.4. The Morgan fingerprint density at radius 1 is 1.37 bits per heavy atom. The van der Waals surface area contributed by atoms with Crippen LogP contribution in [-0.2, 0) is 4.79 Å². The minimum atomic E-state index is -0.521. The van der Waals surface area contributed by atoms with Crippen LogP contribution in [0.2, 0.25) is 0 Å². The van der Waals surface area contributed by atoms with Crippen LogP contribution in [0.1, 0.15) is 12.0 Å². The van der Waals surface area contributed by atoms with Crippen LogP contribution < -0.4 is 11.1 Å². The molecular weight excluding hydrogens is 345 g/mol. The highest BCUT2D eigenvalue weighted by Gasteiger charge is 2.43. The number of nitrogens with zero attached hydrogens (tertiary/aromatic N) is 3. The lowest BCUT2D eigenvalue weighted by Gasteiger charge is -2.12. The van der Waals surface area contributed by atoms with Crippen LogP contribution in [0, 0.1) is 35.9 Å². The lowest BCUT2D eigenvalue weighted by Crippen LogP contribution is -2.15. The molecule has 1 unspecified atom stereocenters. The molecule has 0 spiro atoms. The maximum atomic E-state index is 14.8. The van der Waals surface area contributed by atoms with Gasteiger partial charge in [-0.05, 0) is 42.5 Å². The lowest BCUT2D eigenvalue weighted by atomic mass is 9.98. The highest BCUT2D eigenvalue weighted by Crippen LogP contribution is 2.39. The summed E-state index contributed by atoms with van der Waals surface area (Å²) in [6.07, 6.45) is 5.25. The first kappa shape index (κ1) is 16.9. The van der Waals surface area contributed by atoms with E-state index in [9.17, 15) is 9.18 Å². The molecule has 3 N–H and O–H groups in total. The van der Waals surface area contributed by atoms with E-state index in [1.165, 1.54) is 6.20 Å². The molecule has 7 heteroatoms. The molecule has 2 atom stereocenters. The zero-order chi connectivity index (χ0) is 19.1. The third-order valence-electron chi connectivity index (χ3n) is 4.87. The molecule has 0 bridgehead atoms. The van der Waals surface area contributed by atoms with Crippen LogP contribution in [0.3, 0.4) is 0 Å². The molecule has 6 nitrogen and oxygen atoms in total. The van der Waals surface area contributed by atoms with Crippen molar-refractivity contribution >= 4 is 28.2 Å². The van der Waals surface area contributed by atoms with Gasteiger partial charge in [-0.25, -0.2) is 9.37 Å². The molecule has 2 aromatic heterocycles. The Morgan fingerprint density at radius 3 is 2.89 bits per heavy atom. The summed E-state index contributed by atoms with van der Waals surface area (Å²) in [7, 11) is 0. The maximum absolute atomic E-state index is 14.8. The number of carbonyl (C=O) groups excluding carboxylic acids is 1. The van der Waals surface area contributed by atoms with E-state index in [1.54, 1.807) is 30.6 Å². The number of anilines is 2. The Bertz CT molecular complexity index is 1120. The molecular formula is C20H16FN5O. The van der Waals surface area contributed by atoms with Crippen molar-refractivity contribution in [2.24, 2.45) is 11.8 Å². The van der Waals surface area contributed by atoms with Crippen molar-refractivity contribution in [2.45, 2.75) is 13.3 Å². The minimum Gasteiger partial charge on any atom is -0.396 e. The Hall–Kier alpha value is -3.53. The van der Waals surface area contributed by atoms with E-state index in [0.29, 0.717) is 34.1 Å². The molecule has 27 heavy (non-hydrogen) atoms. The van der Waals surface area contributed by atoms with E-state index in [0.717, 1.165) is 5.56 Å². The molecule has 0 radical (unpaired) electrons. The van der Waals surface area contributed by atoms with Gasteiger partial charge in [-0.1, -0.05) is 0 Å². The fraction of sp³-hybridized carbons (Fsp3) is 0.200. The van der Waals surface area contributed by atoms with Crippen LogP contribution >= 0.6 is 0 Å². The van der Waals surface area contributed by atoms with Gasteiger partial charge in [-0.15, -0.1) is 0 Å². The average molecular weight is 361 g/mol. The number of nitrogen functional groups attached to an aromatic ring is 1. The molecule has 1 aliphatic carbocycles. The first-order valence-electron chi connectivity index (χ1n) is 8.48. The molecule has 1 aliphatic rings. The highest BCUT2D eigenvalue weighted by atomic mass is 19.1. The molecule has 1 aromatic carbocycles. The van der Waals surface area contributed by atoms with Crippen LogP contribution in [0.5, 0.6) is 0 Å². The van der Waals surface area contributed by atoms with Crippen LogP contribution in [0.15, 0.2) is 36.8 Å². The Kier molecular flexibility index (Phi) is 3.96. The van der Waals surface area contributed by atoms with Gasteiger partial charge in [0, 0.05) is 35.1 Å². The summed E-state index contributed by atoms with van der Waals surface area (Å²) in [5.41, 5.74) is 7.87. The van der Waals surface area contributed by atoms with E-state index in [4.69, 9.17) is 11.0 Å². The summed E-state index contributed by atoms with van der Waals surface area (Å²) in [5, 5.41) is 12.7. The normalized spacial score (nSPS) is 18.1. The number of halogens is 1. The van der Waals surface area contributed by atoms with Gasteiger partial charge in [0.05, 0.1) is 23.6 Å². The standard InChI is InChI=1S/C20H16FN5O/c1-10-2-3-24-8-15(10)14-4-11-6-17(25-9-16(11)19(23)18(14)21)26-20(27)13-5-12(13)7-22/h2-4,6,8-9,12-13H,5,23H2,1H3,(H,25,26,27)/t12?,13-/m1/s1. The summed E-state index contributed by atoms with van der Waals surface area (Å²) in [5.74, 6) is -0.926. The SMILES string of the molecule is Cc1ccncc1-c1cc2cc(NC(=O)[C@@H]3CC3C#N)ncc2c(N)c1F. The number of amides is 1. The van der Waals surface area contributed by atoms with Gasteiger partial charge >= 0.3 is 0 Å². The van der Waals surface area contributed by atoms with Gasteiger partial charge in [0.1, 0.15) is 5.82 Å². The Labute approximate surface area is 154 Å². The molecule has 2 heterocycles. The average Bonchev–Trinajstić information content (AvgIpc) is 3.45. The number of pyridine rings is 2. The van der Waals surface area contributed by atoms with Crippen LogP contribution in [0.25, 0.3) is 21.9 Å². The Morgan fingerprint density at radius 2 is 2.19 bits per heavy atom. The van der Waals surface area contributed by atoms with Gasteiger partial charge in [0.15, 0.2) is 5.82 Å². The number of aromatic nitrogens is 2. The van der Waals surface area contributed by atoms with Gasteiger partial charge in [-0.2, -0.15) is 5.26 Å². The molecule has 1 saturated carbocycles. The third kappa shape index (κ3) is 2.95. The second-order valence-electron chi connectivity index (χ2n) is 6.70. The second kappa shape index (κ2) is 6.32. The van der Waals surface area contributed by atoms with Crippen molar-refractivity contribution in [3.05, 3.63) is 48.2 Å². The molecule has 0 aliphatic heterocycles. The number of carbonyl (C=O) groups is 1. The largest absolute Gasteiger partial charge is 0.396 e. The van der Waals surface area contributed by atoms with E-state index < -0.39 is 5.82 Å². The van der Waals surface area contributed by atoms with Gasteiger partial charge in [-0.3, -0.25) is 9.78 Å². The number of hydrogen-bond donors (Lipinski definition) is 2. The van der Waals surface area contributed by atoms with E-state index in [2.05, 4.69) is 21.4 Å². The first-order chi connectivity index (χ1) is 13.0. The number of nitrogens with two attached hydrogens (primary N) is 1. The minimum absolute atomic E-state index is 0.00265. The number of nitrogens with one attached hydrogen (secondary N) is 1. The molecule has 1 fully saturated rings. The topological polar surface area (TPSA) is 105 Å². The van der Waals surface area contributed by atoms with Crippen molar-refractivity contribution in [2.75, 3.05) is 11.1 Å². The fourth-order valence-corrected chi connectivity index (χ4v) is 3.15. The highest BCUT2D eigenvalue weighted by molar-refractivity contribution is 6.00. The smallest absolute Gasteiger partial charge is 0.230 e. The summed E-state index contributed by atoms with van der Waals surface area (Å²) in [6, 6.07) is 7.22. The maximum Gasteiger partial charge on any atom is 0.230 e. The number of fused-ring (bicyclic) bond motifs is 1. The summed E-state index contributed by atoms with van der Waals surface area (Å²) < 4.78 is 14.8. The van der Waals surface area contributed by atoms with E-state index >= 15 is 0 Å². The Balaban J connectivity index is 1.75. The molecule has 134 valence electrons. The predicted octanol–water partition coefficient (Wildman–Crippen LogP) is 3.42. The van der Waals surface area contributed by atoms with Gasteiger partial charge < -0.3 is 11.1 Å². The summed E-state index contributed by atoms with van der Waals surface area (Å²) in [6.45, 7) is 1.87. The third-order valence-corrected chi connectivity index (χ3v) is 4.87. The van der Waals surface area contributed by atoms with Gasteiger partial charge in [0.25, 0.3) is 0 Å². The van der Waals surface area contributed by atoms with Crippen LogP contribution in [0.4, 0.5) is 15.9 Å². The first-order valence-corrected chi connectivity index (χ1v) is 8.48. The summed E-state index contributed by atoms with van der Waals surface area (Å²) >= 11 is 0. The lowest BCUT2D eigenvalue weighted by molar-refractivity contribution is -0.117. The van der Waals surface area contributed by atoms with Crippen molar-refractivity contribution in [3.63, 3.8) is 0 Å². The number of nitriles is 1. The number of benzene rings is 1. The molecule has 4 rings (SSSR count). The zero-order valence-electron chi connectivity index (χ0n) is 14.5. The molecule has 1 amide bonds. The number of rotatable bonds is 3. The van der Waals surface area contributed by atoms with Crippen molar-refractivity contribution in [1.29, 1.82) is 5.26 Å². The van der Waals surface area contributed by atoms with E-state index in [1.807, 2.05) is 6.92 Å². The predicted molar refractivity (Wildman–Crippen MR) is 99.9 cm³/mol. The zero-order valence-corrected chi connectivity index (χ0v) is 14.5. The van der Waals surface area contributed by atoms with Gasteiger partial charge in [0.2, 0.25) is 5.91 Å². The quantitative estimate of drug-likeness (QED) is 0.696. The fourth-order valence-electron chi connectivity index (χ4n) is 3.15. The van der Waals surface area contributed by atoms with Crippen molar-refractivity contribution in [3.8, 4) is 17.2 Å². The number of aryl methyl sites for hydroxylation is 1. The molecule has 3 aromatic rings. The molecule has 0 saturated heterocycles. The van der Waals surface area contributed by atoms with E-state index in [-0.39, 0.29) is 23.4 Å². The number of hydrogen-bond acceptors (Lipinski definition) is 5. The van der Waals surface area contributed by atoms with Crippen molar-refractivity contribution in [1.82, 2.24) is 9.97 Å². The second-order valence-corrected chi connectivity index (χ2v) is 6.70.